The Morgan fingerprint density at radius 2 is 1.41 bits per heavy atom. The molecule has 0 saturated heterocycles. The molecule has 0 spiro atoms. The molecule has 1 saturated carbocycles. The largest absolute Gasteiger partial charge is 0.352 e. The van der Waals surface area contributed by atoms with Gasteiger partial charge < -0.3 is 10.2 Å². The number of halogens is 1. The van der Waals surface area contributed by atoms with Crippen molar-refractivity contribution in [2.24, 2.45) is 0 Å². The van der Waals surface area contributed by atoms with Crippen molar-refractivity contribution in [3.63, 3.8) is 0 Å². The lowest BCUT2D eigenvalue weighted by molar-refractivity contribution is -0.140. The first kappa shape index (κ1) is 32.9. The zero-order valence-electron chi connectivity index (χ0n) is 26.0. The van der Waals surface area contributed by atoms with E-state index in [0.717, 1.165) is 65.2 Å². The minimum Gasteiger partial charge on any atom is -0.352 e. The second-order valence-electron chi connectivity index (χ2n) is 11.9. The van der Waals surface area contributed by atoms with Gasteiger partial charge >= 0.3 is 0 Å². The number of aryl methyl sites for hydroxylation is 1. The molecule has 0 aliphatic heterocycles. The van der Waals surface area contributed by atoms with Crippen LogP contribution in [0.4, 0.5) is 10.1 Å². The van der Waals surface area contributed by atoms with E-state index in [0.29, 0.717) is 0 Å². The van der Waals surface area contributed by atoms with Crippen molar-refractivity contribution in [3.8, 4) is 0 Å². The number of carbonyl (C=O) groups excluding carboxylic acids is 2. The zero-order valence-corrected chi connectivity index (χ0v) is 26.8. The van der Waals surface area contributed by atoms with Gasteiger partial charge in [-0.3, -0.25) is 13.9 Å². The van der Waals surface area contributed by atoms with Gasteiger partial charge in [0.2, 0.25) is 11.8 Å². The fourth-order valence-electron chi connectivity index (χ4n) is 5.85. The van der Waals surface area contributed by atoms with Gasteiger partial charge in [0, 0.05) is 19.0 Å². The zero-order chi connectivity index (χ0) is 32.5. The summed E-state index contributed by atoms with van der Waals surface area (Å²) in [6.07, 6.45) is 5.23. The number of hydrogen-bond acceptors (Lipinski definition) is 4. The van der Waals surface area contributed by atoms with Crippen LogP contribution < -0.4 is 9.62 Å². The Morgan fingerprint density at radius 3 is 2.04 bits per heavy atom. The number of anilines is 1. The van der Waals surface area contributed by atoms with Gasteiger partial charge in [-0.1, -0.05) is 97.6 Å². The van der Waals surface area contributed by atoms with E-state index in [4.69, 9.17) is 0 Å². The fraction of sp³-hybridized carbons (Fsp3) is 0.297. The van der Waals surface area contributed by atoms with Crippen molar-refractivity contribution >= 4 is 27.5 Å². The number of hydrogen-bond donors (Lipinski definition) is 1. The molecule has 4 aromatic carbocycles. The topological polar surface area (TPSA) is 86.8 Å². The van der Waals surface area contributed by atoms with E-state index in [1.54, 1.807) is 30.3 Å². The van der Waals surface area contributed by atoms with Gasteiger partial charge in [-0.15, -0.1) is 0 Å². The van der Waals surface area contributed by atoms with Crippen molar-refractivity contribution < 1.29 is 22.4 Å². The van der Waals surface area contributed by atoms with Gasteiger partial charge in [0.05, 0.1) is 10.6 Å². The number of benzene rings is 4. The van der Waals surface area contributed by atoms with Gasteiger partial charge in [0.1, 0.15) is 18.4 Å². The van der Waals surface area contributed by atoms with Crippen LogP contribution in [0.2, 0.25) is 0 Å². The number of nitrogens with zero attached hydrogens (tertiary/aromatic N) is 2. The lowest BCUT2D eigenvalue weighted by Crippen LogP contribution is -2.55. The summed E-state index contributed by atoms with van der Waals surface area (Å²) in [4.78, 5) is 30.0. The molecule has 9 heteroatoms. The minimum absolute atomic E-state index is 0.0236. The Kier molecular flexibility index (Phi) is 10.9. The first-order chi connectivity index (χ1) is 22.2. The summed E-state index contributed by atoms with van der Waals surface area (Å²) in [6, 6.07) is 29.2. The number of nitrogens with one attached hydrogen (secondary N) is 1. The van der Waals surface area contributed by atoms with Crippen molar-refractivity contribution in [2.75, 3.05) is 10.8 Å². The van der Waals surface area contributed by atoms with Crippen LogP contribution in [0.15, 0.2) is 114 Å². The number of carbonyl (C=O) groups is 2. The SMILES string of the molecule is Cc1ccc(CN(C(=O)CN(c2ccccc2)S(=O)(=O)c2ccc(F)cc2)[C@@H](Cc2ccccc2)C(=O)NC2CCCCC2)cc1. The molecule has 0 aromatic heterocycles. The molecule has 1 fully saturated rings. The highest BCUT2D eigenvalue weighted by atomic mass is 32.2. The molecule has 0 heterocycles. The van der Waals surface area contributed by atoms with Crippen molar-refractivity contribution in [2.45, 2.75) is 69.0 Å². The summed E-state index contributed by atoms with van der Waals surface area (Å²) >= 11 is 0. The Labute approximate surface area is 271 Å². The minimum atomic E-state index is -4.29. The molecule has 0 radical (unpaired) electrons. The molecule has 0 unspecified atom stereocenters. The first-order valence-electron chi connectivity index (χ1n) is 15.7. The van der Waals surface area contributed by atoms with Crippen LogP contribution in [0.1, 0.15) is 48.8 Å². The Morgan fingerprint density at radius 1 is 0.804 bits per heavy atom. The van der Waals surface area contributed by atoms with Gasteiger partial charge in [-0.05, 0) is 67.3 Å². The van der Waals surface area contributed by atoms with Crippen molar-refractivity contribution in [1.29, 1.82) is 0 Å². The quantitative estimate of drug-likeness (QED) is 0.194. The standard InChI is InChI=1S/C37H40FN3O4S/c1-28-17-19-30(20-18-28)26-40(35(25-29-11-5-2-6-12-29)37(43)39-32-13-7-3-8-14-32)36(42)27-41(33-15-9-4-10-16-33)46(44,45)34-23-21-31(38)22-24-34/h2,4-6,9-12,15-24,32,35H,3,7-8,13-14,25-27H2,1H3,(H,39,43)/t35-/m0/s1. The molecule has 1 aliphatic carbocycles. The van der Waals surface area contributed by atoms with Gasteiger partial charge in [-0.25, -0.2) is 12.8 Å². The molecule has 240 valence electrons. The number of amides is 2. The van der Waals surface area contributed by atoms with E-state index < -0.39 is 34.3 Å². The van der Waals surface area contributed by atoms with E-state index in [2.05, 4.69) is 5.32 Å². The highest BCUT2D eigenvalue weighted by Crippen LogP contribution is 2.26. The predicted octanol–water partition coefficient (Wildman–Crippen LogP) is 6.42. The normalized spacial score (nSPS) is 14.3. The van der Waals surface area contributed by atoms with Crippen LogP contribution in [0.25, 0.3) is 0 Å². The summed E-state index contributed by atoms with van der Waals surface area (Å²) in [5.41, 5.74) is 3.03. The highest BCUT2D eigenvalue weighted by molar-refractivity contribution is 7.92. The van der Waals surface area contributed by atoms with Gasteiger partial charge in [0.15, 0.2) is 0 Å². The first-order valence-corrected chi connectivity index (χ1v) is 17.2. The van der Waals surface area contributed by atoms with Crippen LogP contribution >= 0.6 is 0 Å². The summed E-state index contributed by atoms with van der Waals surface area (Å²) in [6.45, 7) is 1.52. The van der Waals surface area contributed by atoms with Crippen molar-refractivity contribution in [3.05, 3.63) is 132 Å². The number of para-hydroxylation sites is 1. The van der Waals surface area contributed by atoms with E-state index in [1.165, 1.54) is 17.0 Å². The Balaban J connectivity index is 1.54. The lowest BCUT2D eigenvalue weighted by Gasteiger charge is -2.35. The third-order valence-corrected chi connectivity index (χ3v) is 10.2. The van der Waals surface area contributed by atoms with E-state index in [9.17, 15) is 22.4 Å². The monoisotopic (exact) mass is 641 g/mol. The van der Waals surface area contributed by atoms with E-state index in [-0.39, 0.29) is 35.5 Å². The summed E-state index contributed by atoms with van der Waals surface area (Å²) in [5, 5.41) is 3.22. The second kappa shape index (κ2) is 15.2. The molecule has 2 amide bonds. The average molecular weight is 642 g/mol. The predicted molar refractivity (Wildman–Crippen MR) is 178 cm³/mol. The Bertz CT molecular complexity index is 1690. The number of rotatable bonds is 12. The van der Waals surface area contributed by atoms with Gasteiger partial charge in [0.25, 0.3) is 10.0 Å². The van der Waals surface area contributed by atoms with Crippen LogP contribution in [0.3, 0.4) is 0 Å². The molecule has 1 N–H and O–H groups in total. The molecule has 5 rings (SSSR count). The maximum Gasteiger partial charge on any atom is 0.264 e. The maximum absolute atomic E-state index is 14.5. The molecule has 7 nitrogen and oxygen atoms in total. The lowest BCUT2D eigenvalue weighted by atomic mass is 9.94. The van der Waals surface area contributed by atoms with Crippen LogP contribution in [-0.2, 0) is 32.6 Å². The average Bonchev–Trinajstić information content (AvgIpc) is 3.07. The molecule has 0 bridgehead atoms. The van der Waals surface area contributed by atoms with Gasteiger partial charge in [-0.2, -0.15) is 0 Å². The summed E-state index contributed by atoms with van der Waals surface area (Å²) in [5.74, 6) is -1.36. The Hall–Kier alpha value is -4.50. The molecule has 1 aliphatic rings. The van der Waals surface area contributed by atoms with E-state index in [1.807, 2.05) is 61.5 Å². The van der Waals surface area contributed by atoms with Crippen LogP contribution in [-0.4, -0.2) is 43.8 Å². The van der Waals surface area contributed by atoms with Crippen molar-refractivity contribution in [1.82, 2.24) is 10.2 Å². The number of sulfonamides is 1. The van der Waals surface area contributed by atoms with E-state index >= 15 is 0 Å². The third kappa shape index (κ3) is 8.40. The molecular weight excluding hydrogens is 601 g/mol. The van der Waals surface area contributed by atoms with Crippen LogP contribution in [0, 0.1) is 12.7 Å². The van der Waals surface area contributed by atoms with Crippen LogP contribution in [0.5, 0.6) is 0 Å². The maximum atomic E-state index is 14.5. The molecule has 46 heavy (non-hydrogen) atoms. The summed E-state index contributed by atoms with van der Waals surface area (Å²) in [7, 11) is -4.29. The molecular formula is C37H40FN3O4S. The summed E-state index contributed by atoms with van der Waals surface area (Å²) < 4.78 is 42.8. The highest BCUT2D eigenvalue weighted by Gasteiger charge is 2.35. The smallest absolute Gasteiger partial charge is 0.264 e. The fourth-order valence-corrected chi connectivity index (χ4v) is 7.26. The molecule has 4 aromatic rings. The molecule has 1 atom stereocenters. The second-order valence-corrected chi connectivity index (χ2v) is 13.7. The third-order valence-electron chi connectivity index (χ3n) is 8.42.